The molecule has 102 valence electrons. The minimum Gasteiger partial charge on any atom is -0.371 e. The highest BCUT2D eigenvalue weighted by Gasteiger charge is 2.13. The van der Waals surface area contributed by atoms with E-state index in [1.165, 1.54) is 18.5 Å². The van der Waals surface area contributed by atoms with Crippen LogP contribution in [0.15, 0.2) is 36.7 Å². The molecule has 1 aliphatic heterocycles. The fraction of sp³-hybridized carbons (Fsp3) is 0.294. The number of hydrogen-bond donors (Lipinski definition) is 0. The second-order valence-electron chi connectivity index (χ2n) is 5.20. The Bertz CT molecular complexity index is 599. The molecule has 3 heterocycles. The monoisotopic (exact) mass is 265 g/mol. The summed E-state index contributed by atoms with van der Waals surface area (Å²) in [5.74, 6) is 0. The second-order valence-corrected chi connectivity index (χ2v) is 5.20. The predicted molar refractivity (Wildman–Crippen MR) is 83.6 cm³/mol. The highest BCUT2D eigenvalue weighted by molar-refractivity contribution is 5.69. The lowest BCUT2D eigenvalue weighted by atomic mass is 10.2. The Morgan fingerprint density at radius 3 is 2.55 bits per heavy atom. The summed E-state index contributed by atoms with van der Waals surface area (Å²) in [6.07, 6.45) is 10.4. The molecule has 0 atom stereocenters. The van der Waals surface area contributed by atoms with Gasteiger partial charge in [0.05, 0.1) is 5.69 Å². The maximum Gasteiger partial charge on any atom is 0.0653 e. The van der Waals surface area contributed by atoms with Crippen LogP contribution in [0.3, 0.4) is 0 Å². The van der Waals surface area contributed by atoms with Crippen LogP contribution in [0.5, 0.6) is 0 Å². The summed E-state index contributed by atoms with van der Waals surface area (Å²) in [7, 11) is 0. The summed E-state index contributed by atoms with van der Waals surface area (Å²) < 4.78 is 0. The summed E-state index contributed by atoms with van der Waals surface area (Å²) in [6.45, 7) is 4.39. The van der Waals surface area contributed by atoms with Crippen LogP contribution < -0.4 is 4.90 Å². The predicted octanol–water partition coefficient (Wildman–Crippen LogP) is 3.56. The number of aryl methyl sites for hydroxylation is 1. The largest absolute Gasteiger partial charge is 0.371 e. The highest BCUT2D eigenvalue weighted by atomic mass is 15.1. The molecule has 2 aromatic rings. The Labute approximate surface area is 120 Å². The molecule has 0 unspecified atom stereocenters. The molecule has 1 fully saturated rings. The van der Waals surface area contributed by atoms with Gasteiger partial charge in [-0.2, -0.15) is 0 Å². The Kier molecular flexibility index (Phi) is 3.77. The summed E-state index contributed by atoms with van der Waals surface area (Å²) in [5.41, 5.74) is 4.53. The van der Waals surface area contributed by atoms with Crippen molar-refractivity contribution >= 4 is 17.8 Å². The fourth-order valence-electron chi connectivity index (χ4n) is 2.57. The Morgan fingerprint density at radius 1 is 1.05 bits per heavy atom. The molecule has 0 aliphatic carbocycles. The molecule has 0 spiro atoms. The van der Waals surface area contributed by atoms with Crippen molar-refractivity contribution in [2.45, 2.75) is 19.8 Å². The summed E-state index contributed by atoms with van der Waals surface area (Å²) >= 11 is 0. The van der Waals surface area contributed by atoms with Crippen LogP contribution >= 0.6 is 0 Å². The average molecular weight is 265 g/mol. The third-order valence-corrected chi connectivity index (χ3v) is 3.58. The lowest BCUT2D eigenvalue weighted by molar-refractivity contribution is 0.949. The van der Waals surface area contributed by atoms with Crippen LogP contribution in [-0.4, -0.2) is 23.1 Å². The maximum atomic E-state index is 4.59. The van der Waals surface area contributed by atoms with Crippen molar-refractivity contribution in [1.82, 2.24) is 9.97 Å². The Morgan fingerprint density at radius 2 is 1.80 bits per heavy atom. The molecular formula is C17H19N3. The molecule has 0 aromatic carbocycles. The quantitative estimate of drug-likeness (QED) is 0.849. The van der Waals surface area contributed by atoms with E-state index in [2.05, 4.69) is 46.1 Å². The Hall–Kier alpha value is -2.16. The van der Waals surface area contributed by atoms with E-state index in [0.29, 0.717) is 0 Å². The van der Waals surface area contributed by atoms with E-state index < -0.39 is 0 Å². The van der Waals surface area contributed by atoms with Gasteiger partial charge in [0.15, 0.2) is 0 Å². The first-order valence-corrected chi connectivity index (χ1v) is 7.13. The van der Waals surface area contributed by atoms with Crippen molar-refractivity contribution in [3.8, 4) is 0 Å². The van der Waals surface area contributed by atoms with Crippen molar-refractivity contribution in [2.24, 2.45) is 0 Å². The van der Waals surface area contributed by atoms with Crippen molar-refractivity contribution in [3.63, 3.8) is 0 Å². The van der Waals surface area contributed by atoms with Crippen molar-refractivity contribution < 1.29 is 0 Å². The van der Waals surface area contributed by atoms with Gasteiger partial charge in [-0.3, -0.25) is 9.97 Å². The van der Waals surface area contributed by atoms with Crippen LogP contribution in [0.2, 0.25) is 0 Å². The average Bonchev–Trinajstić information content (AvgIpc) is 3.00. The highest BCUT2D eigenvalue weighted by Crippen LogP contribution is 2.22. The first-order valence-electron chi connectivity index (χ1n) is 7.13. The molecule has 1 aliphatic rings. The maximum absolute atomic E-state index is 4.59. The first-order chi connectivity index (χ1) is 9.81. The van der Waals surface area contributed by atoms with Gasteiger partial charge in [-0.05, 0) is 55.7 Å². The smallest absolute Gasteiger partial charge is 0.0653 e. The van der Waals surface area contributed by atoms with E-state index in [1.807, 2.05) is 12.1 Å². The van der Waals surface area contributed by atoms with E-state index in [0.717, 1.165) is 30.0 Å². The van der Waals surface area contributed by atoms with Gasteiger partial charge < -0.3 is 4.90 Å². The number of pyridine rings is 2. The molecule has 0 radical (unpaired) electrons. The van der Waals surface area contributed by atoms with Crippen LogP contribution in [0.1, 0.15) is 29.8 Å². The fourth-order valence-corrected chi connectivity index (χ4v) is 2.57. The third kappa shape index (κ3) is 3.05. The van der Waals surface area contributed by atoms with Crippen LogP contribution in [0.4, 0.5) is 5.69 Å². The van der Waals surface area contributed by atoms with Crippen LogP contribution in [0.25, 0.3) is 12.2 Å². The first kappa shape index (κ1) is 12.9. The van der Waals surface area contributed by atoms with Crippen LogP contribution in [-0.2, 0) is 0 Å². The lowest BCUT2D eigenvalue weighted by Gasteiger charge is -2.18. The standard InChI is InChI=1S/C17H19N3/c1-14-12-17(20-10-2-3-11-20)13-16(19-14)5-4-15-6-8-18-9-7-15/h4-9,12-13H,2-3,10-11H2,1H3/b5-4+. The molecule has 0 N–H and O–H groups in total. The van der Waals surface area contributed by atoms with Crippen molar-refractivity contribution in [3.05, 3.63) is 53.6 Å². The second kappa shape index (κ2) is 5.87. The summed E-state index contributed by atoms with van der Waals surface area (Å²) in [4.78, 5) is 11.1. The molecule has 3 nitrogen and oxygen atoms in total. The van der Waals surface area contributed by atoms with E-state index >= 15 is 0 Å². The minimum atomic E-state index is 1.02. The SMILES string of the molecule is Cc1cc(N2CCCC2)cc(/C=C/c2ccncc2)n1. The zero-order valence-electron chi connectivity index (χ0n) is 11.8. The van der Waals surface area contributed by atoms with Gasteiger partial charge in [0, 0.05) is 36.9 Å². The topological polar surface area (TPSA) is 29.0 Å². The molecule has 3 rings (SSSR count). The lowest BCUT2D eigenvalue weighted by Crippen LogP contribution is -2.17. The Balaban J connectivity index is 1.84. The van der Waals surface area contributed by atoms with Crippen LogP contribution in [0, 0.1) is 6.92 Å². The van der Waals surface area contributed by atoms with Gasteiger partial charge >= 0.3 is 0 Å². The number of rotatable bonds is 3. The van der Waals surface area contributed by atoms with Gasteiger partial charge in [-0.15, -0.1) is 0 Å². The van der Waals surface area contributed by atoms with Gasteiger partial charge in [-0.1, -0.05) is 6.08 Å². The number of hydrogen-bond acceptors (Lipinski definition) is 3. The number of nitrogens with zero attached hydrogens (tertiary/aromatic N) is 3. The number of aromatic nitrogens is 2. The zero-order chi connectivity index (χ0) is 13.8. The van der Waals surface area contributed by atoms with Gasteiger partial charge in [0.1, 0.15) is 0 Å². The van der Waals surface area contributed by atoms with E-state index in [4.69, 9.17) is 0 Å². The van der Waals surface area contributed by atoms with Crippen molar-refractivity contribution in [2.75, 3.05) is 18.0 Å². The molecule has 20 heavy (non-hydrogen) atoms. The molecule has 3 heteroatoms. The van der Waals surface area contributed by atoms with Gasteiger partial charge in [0.25, 0.3) is 0 Å². The molecule has 0 saturated carbocycles. The van der Waals surface area contributed by atoms with Gasteiger partial charge in [0.2, 0.25) is 0 Å². The summed E-state index contributed by atoms with van der Waals surface area (Å²) in [6, 6.07) is 8.34. The zero-order valence-corrected chi connectivity index (χ0v) is 11.8. The van der Waals surface area contributed by atoms with E-state index in [1.54, 1.807) is 12.4 Å². The van der Waals surface area contributed by atoms with E-state index in [-0.39, 0.29) is 0 Å². The molecule has 0 bridgehead atoms. The van der Waals surface area contributed by atoms with E-state index in [9.17, 15) is 0 Å². The summed E-state index contributed by atoms with van der Waals surface area (Å²) in [5, 5.41) is 0. The molecule has 1 saturated heterocycles. The molecular weight excluding hydrogens is 246 g/mol. The minimum absolute atomic E-state index is 1.02. The normalized spacial score (nSPS) is 15.2. The molecule has 2 aromatic heterocycles. The van der Waals surface area contributed by atoms with Gasteiger partial charge in [-0.25, -0.2) is 0 Å². The van der Waals surface area contributed by atoms with Crippen molar-refractivity contribution in [1.29, 1.82) is 0 Å². The molecule has 0 amide bonds. The third-order valence-electron chi connectivity index (χ3n) is 3.58. The number of anilines is 1.